The number of nitrogens with one attached hydrogen (secondary N) is 2. The molecule has 0 bridgehead atoms. The Bertz CT molecular complexity index is 646. The predicted octanol–water partition coefficient (Wildman–Crippen LogP) is 4.78. The third kappa shape index (κ3) is 4.76. The molecule has 0 fully saturated rings. The Labute approximate surface area is 137 Å². The van der Waals surface area contributed by atoms with Crippen LogP contribution in [-0.2, 0) is 6.42 Å². The molecule has 0 aromatic heterocycles. The van der Waals surface area contributed by atoms with Crippen molar-refractivity contribution in [1.82, 2.24) is 5.32 Å². The zero-order chi connectivity index (χ0) is 15.2. The zero-order valence-corrected chi connectivity index (χ0v) is 14.0. The van der Waals surface area contributed by atoms with Crippen LogP contribution < -0.4 is 10.6 Å². The summed E-state index contributed by atoms with van der Waals surface area (Å²) in [6.07, 6.45) is 0.767. The van der Waals surface area contributed by atoms with Crippen LogP contribution in [0.3, 0.4) is 0 Å². The van der Waals surface area contributed by atoms with Gasteiger partial charge in [-0.2, -0.15) is 0 Å². The van der Waals surface area contributed by atoms with Gasteiger partial charge in [0.2, 0.25) is 0 Å². The maximum absolute atomic E-state index is 11.8. The first-order valence-electron chi connectivity index (χ1n) is 6.60. The monoisotopic (exact) mass is 366 g/mol. The number of aryl methyl sites for hydroxylation is 1. The van der Waals surface area contributed by atoms with Crippen LogP contribution in [0.15, 0.2) is 46.9 Å². The number of halogens is 2. The number of hydrogen-bond donors (Lipinski definition) is 2. The van der Waals surface area contributed by atoms with Gasteiger partial charge < -0.3 is 10.6 Å². The van der Waals surface area contributed by atoms with Crippen LogP contribution in [0.25, 0.3) is 0 Å². The number of urea groups is 1. The highest BCUT2D eigenvalue weighted by molar-refractivity contribution is 9.10. The molecule has 2 rings (SSSR count). The fourth-order valence-electron chi connectivity index (χ4n) is 1.86. The summed E-state index contributed by atoms with van der Waals surface area (Å²) >= 11 is 9.51. The Hall–Kier alpha value is -1.52. The first kappa shape index (κ1) is 15.9. The quantitative estimate of drug-likeness (QED) is 0.802. The molecule has 0 radical (unpaired) electrons. The Morgan fingerprint density at radius 1 is 1.24 bits per heavy atom. The molecule has 0 spiro atoms. The van der Waals surface area contributed by atoms with Gasteiger partial charge in [-0.15, -0.1) is 0 Å². The van der Waals surface area contributed by atoms with E-state index in [1.54, 1.807) is 6.07 Å². The van der Waals surface area contributed by atoms with E-state index < -0.39 is 0 Å². The molecule has 2 N–H and O–H groups in total. The third-order valence-electron chi connectivity index (χ3n) is 3.07. The molecule has 5 heteroatoms. The van der Waals surface area contributed by atoms with E-state index in [1.807, 2.05) is 43.3 Å². The molecule has 0 atom stereocenters. The van der Waals surface area contributed by atoms with Gasteiger partial charge in [-0.3, -0.25) is 0 Å². The van der Waals surface area contributed by atoms with Crippen molar-refractivity contribution in [3.05, 3.63) is 63.1 Å². The molecule has 0 unspecified atom stereocenters. The summed E-state index contributed by atoms with van der Waals surface area (Å²) in [5.41, 5.74) is 2.83. The number of anilines is 1. The Kier molecular flexibility index (Phi) is 5.65. The molecule has 0 aliphatic rings. The van der Waals surface area contributed by atoms with Gasteiger partial charge in [-0.1, -0.05) is 51.8 Å². The van der Waals surface area contributed by atoms with E-state index in [1.165, 1.54) is 0 Å². The second-order valence-corrected chi connectivity index (χ2v) is 5.95. The number of carbonyl (C=O) groups excluding carboxylic acids is 1. The minimum atomic E-state index is -0.234. The van der Waals surface area contributed by atoms with Crippen molar-refractivity contribution >= 4 is 39.2 Å². The van der Waals surface area contributed by atoms with Crippen molar-refractivity contribution in [2.24, 2.45) is 0 Å². The van der Waals surface area contributed by atoms with Gasteiger partial charge in [0.15, 0.2) is 0 Å². The second kappa shape index (κ2) is 7.48. The minimum Gasteiger partial charge on any atom is -0.338 e. The Balaban J connectivity index is 1.82. The number of hydrogen-bond acceptors (Lipinski definition) is 1. The van der Waals surface area contributed by atoms with Gasteiger partial charge >= 0.3 is 6.03 Å². The topological polar surface area (TPSA) is 41.1 Å². The molecular weight excluding hydrogens is 352 g/mol. The van der Waals surface area contributed by atoms with Gasteiger partial charge in [0.05, 0.1) is 0 Å². The van der Waals surface area contributed by atoms with E-state index in [0.29, 0.717) is 17.3 Å². The van der Waals surface area contributed by atoms with Crippen molar-refractivity contribution < 1.29 is 4.79 Å². The molecule has 0 saturated heterocycles. The predicted molar refractivity (Wildman–Crippen MR) is 91.1 cm³/mol. The van der Waals surface area contributed by atoms with Gasteiger partial charge in [0, 0.05) is 21.7 Å². The van der Waals surface area contributed by atoms with Gasteiger partial charge in [-0.25, -0.2) is 4.79 Å². The summed E-state index contributed by atoms with van der Waals surface area (Å²) in [6.45, 7) is 2.48. The number of benzene rings is 2. The van der Waals surface area contributed by atoms with Gasteiger partial charge in [0.1, 0.15) is 0 Å². The fourth-order valence-corrected chi connectivity index (χ4v) is 2.52. The molecular formula is C16H16BrClN2O. The fraction of sp³-hybridized carbons (Fsp3) is 0.188. The molecule has 2 aromatic rings. The highest BCUT2D eigenvalue weighted by Gasteiger charge is 2.04. The van der Waals surface area contributed by atoms with E-state index in [4.69, 9.17) is 11.6 Å². The Morgan fingerprint density at radius 3 is 2.71 bits per heavy atom. The van der Waals surface area contributed by atoms with Crippen LogP contribution in [-0.4, -0.2) is 12.6 Å². The van der Waals surface area contributed by atoms with Gasteiger partial charge in [0.25, 0.3) is 0 Å². The van der Waals surface area contributed by atoms with Crippen molar-refractivity contribution in [2.45, 2.75) is 13.3 Å². The summed E-state index contributed by atoms with van der Waals surface area (Å²) in [7, 11) is 0. The van der Waals surface area contributed by atoms with E-state index in [0.717, 1.165) is 22.0 Å². The van der Waals surface area contributed by atoms with Crippen molar-refractivity contribution in [3.63, 3.8) is 0 Å². The minimum absolute atomic E-state index is 0.234. The molecule has 0 aliphatic carbocycles. The highest BCUT2D eigenvalue weighted by atomic mass is 79.9. The summed E-state index contributed by atoms with van der Waals surface area (Å²) in [5, 5.41) is 6.23. The first-order valence-corrected chi connectivity index (χ1v) is 7.78. The molecule has 3 nitrogen and oxygen atoms in total. The molecule has 0 heterocycles. The normalized spacial score (nSPS) is 10.2. The standard InChI is InChI=1S/C16H16BrClN2O/c1-11-6-7-13(10-15(11)18)20-16(21)19-9-8-12-4-2-3-5-14(12)17/h2-7,10H,8-9H2,1H3,(H2,19,20,21). The molecule has 21 heavy (non-hydrogen) atoms. The van der Waals surface area contributed by atoms with Crippen LogP contribution in [0.4, 0.5) is 10.5 Å². The van der Waals surface area contributed by atoms with E-state index in [9.17, 15) is 4.79 Å². The van der Waals surface area contributed by atoms with Crippen molar-refractivity contribution in [3.8, 4) is 0 Å². The van der Waals surface area contributed by atoms with E-state index in [2.05, 4.69) is 26.6 Å². The first-order chi connectivity index (χ1) is 10.1. The number of rotatable bonds is 4. The van der Waals surface area contributed by atoms with Crippen LogP contribution in [0.5, 0.6) is 0 Å². The number of carbonyl (C=O) groups is 1. The average molecular weight is 368 g/mol. The molecule has 0 aliphatic heterocycles. The largest absolute Gasteiger partial charge is 0.338 e. The lowest BCUT2D eigenvalue weighted by Crippen LogP contribution is -2.30. The lowest BCUT2D eigenvalue weighted by molar-refractivity contribution is 0.252. The molecule has 110 valence electrons. The zero-order valence-electron chi connectivity index (χ0n) is 11.6. The molecule has 2 aromatic carbocycles. The maximum atomic E-state index is 11.8. The summed E-state index contributed by atoms with van der Waals surface area (Å²) in [4.78, 5) is 11.8. The average Bonchev–Trinajstić information content (AvgIpc) is 2.45. The van der Waals surface area contributed by atoms with E-state index in [-0.39, 0.29) is 6.03 Å². The molecule has 0 saturated carbocycles. The summed E-state index contributed by atoms with van der Waals surface area (Å²) in [6, 6.07) is 13.2. The van der Waals surface area contributed by atoms with Crippen LogP contribution >= 0.6 is 27.5 Å². The van der Waals surface area contributed by atoms with Crippen molar-refractivity contribution in [2.75, 3.05) is 11.9 Å². The lowest BCUT2D eigenvalue weighted by atomic mass is 10.1. The van der Waals surface area contributed by atoms with Gasteiger partial charge in [-0.05, 0) is 42.7 Å². The third-order valence-corrected chi connectivity index (χ3v) is 4.25. The van der Waals surface area contributed by atoms with E-state index >= 15 is 0 Å². The molecule has 2 amide bonds. The van der Waals surface area contributed by atoms with Crippen LogP contribution in [0, 0.1) is 6.92 Å². The SMILES string of the molecule is Cc1ccc(NC(=O)NCCc2ccccc2Br)cc1Cl. The highest BCUT2D eigenvalue weighted by Crippen LogP contribution is 2.20. The Morgan fingerprint density at radius 2 is 2.00 bits per heavy atom. The smallest absolute Gasteiger partial charge is 0.319 e. The second-order valence-electron chi connectivity index (χ2n) is 4.69. The number of amides is 2. The maximum Gasteiger partial charge on any atom is 0.319 e. The van der Waals surface area contributed by atoms with Crippen LogP contribution in [0.2, 0.25) is 5.02 Å². The van der Waals surface area contributed by atoms with Crippen molar-refractivity contribution in [1.29, 1.82) is 0 Å². The summed E-state index contributed by atoms with van der Waals surface area (Å²) < 4.78 is 1.05. The lowest BCUT2D eigenvalue weighted by Gasteiger charge is -2.09. The van der Waals surface area contributed by atoms with Crippen LogP contribution in [0.1, 0.15) is 11.1 Å². The summed E-state index contributed by atoms with van der Waals surface area (Å²) in [5.74, 6) is 0.